The summed E-state index contributed by atoms with van der Waals surface area (Å²) in [5.41, 5.74) is 5.53. The molecule has 0 aliphatic carbocycles. The van der Waals surface area contributed by atoms with Gasteiger partial charge in [0.05, 0.1) is 12.4 Å². The Hall–Kier alpha value is -0.610. The standard InChI is InChI=1S/C8H17N3O/c9-7(6-12)3-5-11-8-2-1-4-10-8/h7,12H,1-6,9H2,(H,10,11). The van der Waals surface area contributed by atoms with E-state index in [1.54, 1.807) is 0 Å². The molecule has 1 aliphatic rings. The van der Waals surface area contributed by atoms with Crippen LogP contribution in [0.5, 0.6) is 0 Å². The Balaban J connectivity index is 2.01. The van der Waals surface area contributed by atoms with E-state index >= 15 is 0 Å². The Morgan fingerprint density at radius 3 is 3.08 bits per heavy atom. The van der Waals surface area contributed by atoms with Crippen LogP contribution in [0.3, 0.4) is 0 Å². The van der Waals surface area contributed by atoms with Crippen LogP contribution in [-0.4, -0.2) is 36.7 Å². The molecule has 0 bridgehead atoms. The highest BCUT2D eigenvalue weighted by molar-refractivity contribution is 5.83. The molecule has 0 spiro atoms. The molecule has 1 rings (SSSR count). The maximum Gasteiger partial charge on any atom is 0.0963 e. The summed E-state index contributed by atoms with van der Waals surface area (Å²) in [6.45, 7) is 1.84. The number of nitrogens with zero attached hydrogens (tertiary/aromatic N) is 1. The highest BCUT2D eigenvalue weighted by atomic mass is 16.3. The van der Waals surface area contributed by atoms with Crippen LogP contribution in [0, 0.1) is 0 Å². The minimum atomic E-state index is -0.0977. The molecule has 1 unspecified atom stereocenters. The van der Waals surface area contributed by atoms with E-state index in [1.807, 2.05) is 0 Å². The summed E-state index contributed by atoms with van der Waals surface area (Å²) in [7, 11) is 0. The molecule has 12 heavy (non-hydrogen) atoms. The largest absolute Gasteiger partial charge is 0.395 e. The van der Waals surface area contributed by atoms with Gasteiger partial charge in [0, 0.05) is 25.6 Å². The van der Waals surface area contributed by atoms with Gasteiger partial charge in [0.2, 0.25) is 0 Å². The first-order valence-electron chi connectivity index (χ1n) is 4.46. The summed E-state index contributed by atoms with van der Waals surface area (Å²) < 4.78 is 0. The number of amidine groups is 1. The summed E-state index contributed by atoms with van der Waals surface area (Å²) in [6, 6.07) is -0.0977. The Morgan fingerprint density at radius 2 is 2.50 bits per heavy atom. The average molecular weight is 171 g/mol. The molecule has 0 saturated heterocycles. The first-order chi connectivity index (χ1) is 5.83. The molecule has 0 aromatic heterocycles. The fraction of sp³-hybridized carbons (Fsp3) is 0.875. The van der Waals surface area contributed by atoms with Crippen molar-refractivity contribution in [2.24, 2.45) is 10.7 Å². The molecule has 1 aliphatic heterocycles. The number of aliphatic hydroxyl groups excluding tert-OH is 1. The number of nitrogens with two attached hydrogens (primary N) is 1. The van der Waals surface area contributed by atoms with Gasteiger partial charge < -0.3 is 16.2 Å². The van der Waals surface area contributed by atoms with Crippen LogP contribution < -0.4 is 11.1 Å². The van der Waals surface area contributed by atoms with Crippen molar-refractivity contribution in [1.82, 2.24) is 5.32 Å². The predicted molar refractivity (Wildman–Crippen MR) is 49.2 cm³/mol. The maximum absolute atomic E-state index is 8.64. The van der Waals surface area contributed by atoms with E-state index in [-0.39, 0.29) is 12.6 Å². The Kier molecular flexibility index (Phi) is 4.04. The van der Waals surface area contributed by atoms with Crippen molar-refractivity contribution < 1.29 is 5.11 Å². The fourth-order valence-electron chi connectivity index (χ4n) is 1.18. The zero-order valence-electron chi connectivity index (χ0n) is 7.29. The molecular weight excluding hydrogens is 154 g/mol. The number of hydrogen-bond donors (Lipinski definition) is 3. The second-order valence-corrected chi connectivity index (χ2v) is 3.09. The van der Waals surface area contributed by atoms with Crippen LogP contribution in [0.2, 0.25) is 0 Å². The molecule has 70 valence electrons. The molecule has 0 aromatic carbocycles. The molecule has 0 amide bonds. The van der Waals surface area contributed by atoms with Gasteiger partial charge in [-0.25, -0.2) is 0 Å². The number of nitrogens with one attached hydrogen (secondary N) is 1. The van der Waals surface area contributed by atoms with Crippen LogP contribution in [0.1, 0.15) is 19.3 Å². The number of rotatable bonds is 4. The third kappa shape index (κ3) is 3.19. The minimum absolute atomic E-state index is 0.0636. The Labute approximate surface area is 72.9 Å². The molecule has 0 aromatic rings. The van der Waals surface area contributed by atoms with Gasteiger partial charge in [-0.2, -0.15) is 0 Å². The molecule has 0 fully saturated rings. The van der Waals surface area contributed by atoms with Crippen molar-refractivity contribution >= 4 is 5.84 Å². The second-order valence-electron chi connectivity index (χ2n) is 3.09. The summed E-state index contributed by atoms with van der Waals surface area (Å²) in [6.07, 6.45) is 3.03. The second kappa shape index (κ2) is 5.11. The lowest BCUT2D eigenvalue weighted by Gasteiger charge is -2.09. The smallest absolute Gasteiger partial charge is 0.0963 e. The SMILES string of the molecule is NC(CO)CCNC1=NCCC1. The zero-order chi connectivity index (χ0) is 8.81. The van der Waals surface area contributed by atoms with E-state index in [0.29, 0.717) is 0 Å². The lowest BCUT2D eigenvalue weighted by Crippen LogP contribution is -2.31. The van der Waals surface area contributed by atoms with Gasteiger partial charge in [-0.15, -0.1) is 0 Å². The first-order valence-corrected chi connectivity index (χ1v) is 4.46. The van der Waals surface area contributed by atoms with Gasteiger partial charge in [0.25, 0.3) is 0 Å². The van der Waals surface area contributed by atoms with Crippen molar-refractivity contribution in [2.75, 3.05) is 19.7 Å². The molecule has 4 nitrogen and oxygen atoms in total. The maximum atomic E-state index is 8.64. The van der Waals surface area contributed by atoms with E-state index < -0.39 is 0 Å². The summed E-state index contributed by atoms with van der Waals surface area (Å²) in [5.74, 6) is 1.10. The van der Waals surface area contributed by atoms with Crippen LogP contribution >= 0.6 is 0 Å². The van der Waals surface area contributed by atoms with Gasteiger partial charge in [-0.1, -0.05) is 0 Å². The Bertz CT molecular complexity index is 158. The molecule has 1 heterocycles. The predicted octanol–water partition coefficient (Wildman–Crippen LogP) is -0.522. The van der Waals surface area contributed by atoms with Gasteiger partial charge in [-0.3, -0.25) is 4.99 Å². The lowest BCUT2D eigenvalue weighted by molar-refractivity contribution is 0.260. The summed E-state index contributed by atoms with van der Waals surface area (Å²) in [4.78, 5) is 4.26. The fourth-order valence-corrected chi connectivity index (χ4v) is 1.18. The first kappa shape index (κ1) is 9.48. The molecular formula is C8H17N3O. The van der Waals surface area contributed by atoms with Crippen LogP contribution in [0.4, 0.5) is 0 Å². The van der Waals surface area contributed by atoms with Gasteiger partial charge >= 0.3 is 0 Å². The van der Waals surface area contributed by atoms with Crippen LogP contribution in [-0.2, 0) is 0 Å². The molecule has 0 radical (unpaired) electrons. The highest BCUT2D eigenvalue weighted by Crippen LogP contribution is 2.00. The van der Waals surface area contributed by atoms with Crippen molar-refractivity contribution in [1.29, 1.82) is 0 Å². The third-order valence-corrected chi connectivity index (χ3v) is 1.95. The summed E-state index contributed by atoms with van der Waals surface area (Å²) >= 11 is 0. The molecule has 0 saturated carbocycles. The molecule has 1 atom stereocenters. The summed E-state index contributed by atoms with van der Waals surface area (Å²) in [5, 5.41) is 11.8. The van der Waals surface area contributed by atoms with Crippen LogP contribution in [0.25, 0.3) is 0 Å². The van der Waals surface area contributed by atoms with Gasteiger partial charge in [0.15, 0.2) is 0 Å². The van der Waals surface area contributed by atoms with Crippen molar-refractivity contribution in [3.63, 3.8) is 0 Å². The van der Waals surface area contributed by atoms with Gasteiger partial charge in [-0.05, 0) is 12.8 Å². The normalized spacial score (nSPS) is 19.0. The van der Waals surface area contributed by atoms with E-state index in [4.69, 9.17) is 10.8 Å². The van der Waals surface area contributed by atoms with E-state index in [1.165, 1.54) is 0 Å². The lowest BCUT2D eigenvalue weighted by atomic mass is 10.2. The quantitative estimate of drug-likeness (QED) is 0.533. The number of aliphatic hydroxyl groups is 1. The third-order valence-electron chi connectivity index (χ3n) is 1.95. The Morgan fingerprint density at radius 1 is 1.67 bits per heavy atom. The highest BCUT2D eigenvalue weighted by Gasteiger charge is 2.05. The van der Waals surface area contributed by atoms with E-state index in [0.717, 1.165) is 38.2 Å². The monoisotopic (exact) mass is 171 g/mol. The average Bonchev–Trinajstić information content (AvgIpc) is 2.57. The van der Waals surface area contributed by atoms with Crippen molar-refractivity contribution in [3.8, 4) is 0 Å². The molecule has 4 heteroatoms. The zero-order valence-corrected chi connectivity index (χ0v) is 7.29. The topological polar surface area (TPSA) is 70.6 Å². The number of hydrogen-bond acceptors (Lipinski definition) is 4. The molecule has 4 N–H and O–H groups in total. The number of aliphatic imine (C=N–C) groups is 1. The van der Waals surface area contributed by atoms with E-state index in [9.17, 15) is 0 Å². The van der Waals surface area contributed by atoms with Crippen LogP contribution in [0.15, 0.2) is 4.99 Å². The van der Waals surface area contributed by atoms with Gasteiger partial charge in [0.1, 0.15) is 0 Å². The van der Waals surface area contributed by atoms with Crippen molar-refractivity contribution in [2.45, 2.75) is 25.3 Å². The van der Waals surface area contributed by atoms with E-state index in [2.05, 4.69) is 10.3 Å². The minimum Gasteiger partial charge on any atom is -0.395 e. The van der Waals surface area contributed by atoms with Crippen molar-refractivity contribution in [3.05, 3.63) is 0 Å².